The number of piperidine rings is 1. The third kappa shape index (κ3) is 4.55. The highest BCUT2D eigenvalue weighted by atomic mass is 35.5. The smallest absolute Gasteiger partial charge is 0.262 e. The highest BCUT2D eigenvalue weighted by Gasteiger charge is 2.31. The number of nitrogens with zero attached hydrogens (tertiary/aromatic N) is 4. The third-order valence-electron chi connectivity index (χ3n) is 5.81. The summed E-state index contributed by atoms with van der Waals surface area (Å²) >= 11 is 6.18. The van der Waals surface area contributed by atoms with Gasteiger partial charge >= 0.3 is 0 Å². The molecule has 0 radical (unpaired) electrons. The lowest BCUT2D eigenvalue weighted by molar-refractivity contribution is 0.0968. The zero-order valence-electron chi connectivity index (χ0n) is 18.2. The quantitative estimate of drug-likeness (QED) is 0.423. The predicted molar refractivity (Wildman–Crippen MR) is 131 cm³/mol. The molecule has 1 aliphatic heterocycles. The summed E-state index contributed by atoms with van der Waals surface area (Å²) in [7, 11) is 0. The SMILES string of the molecule is O=C(c1ccc(Nc2ncccn2)cc1F)N(c1nccc2cc(Cl)ccc12)[C@@H]1CCCNC1. The number of benzene rings is 2. The first-order valence-electron chi connectivity index (χ1n) is 11.0. The number of hydrogen-bond acceptors (Lipinski definition) is 6. The topological polar surface area (TPSA) is 83.0 Å². The van der Waals surface area contributed by atoms with E-state index in [2.05, 4.69) is 25.6 Å². The lowest BCUT2D eigenvalue weighted by Gasteiger charge is -2.34. The fourth-order valence-corrected chi connectivity index (χ4v) is 4.38. The zero-order valence-corrected chi connectivity index (χ0v) is 19.0. The van der Waals surface area contributed by atoms with Crippen molar-refractivity contribution in [3.05, 3.63) is 83.5 Å². The van der Waals surface area contributed by atoms with Crippen LogP contribution in [-0.4, -0.2) is 40.0 Å². The van der Waals surface area contributed by atoms with Crippen LogP contribution in [0, 0.1) is 5.82 Å². The van der Waals surface area contributed by atoms with Crippen LogP contribution < -0.4 is 15.5 Å². The van der Waals surface area contributed by atoms with Crippen molar-refractivity contribution in [2.75, 3.05) is 23.3 Å². The van der Waals surface area contributed by atoms with Crippen molar-refractivity contribution in [1.29, 1.82) is 0 Å². The summed E-state index contributed by atoms with van der Waals surface area (Å²) in [5, 5.41) is 8.52. The second kappa shape index (κ2) is 9.70. The maximum absolute atomic E-state index is 15.2. The molecule has 0 unspecified atom stereocenters. The summed E-state index contributed by atoms with van der Waals surface area (Å²) in [4.78, 5) is 28.1. The first kappa shape index (κ1) is 22.2. The number of pyridine rings is 1. The van der Waals surface area contributed by atoms with Crippen LogP contribution in [0.1, 0.15) is 23.2 Å². The van der Waals surface area contributed by atoms with Crippen LogP contribution in [0.5, 0.6) is 0 Å². The molecule has 7 nitrogen and oxygen atoms in total. The van der Waals surface area contributed by atoms with Crippen LogP contribution in [0.2, 0.25) is 5.02 Å². The third-order valence-corrected chi connectivity index (χ3v) is 6.04. The molecule has 1 aliphatic rings. The Labute approximate surface area is 201 Å². The summed E-state index contributed by atoms with van der Waals surface area (Å²) in [5.74, 6) is -0.242. The molecule has 0 aliphatic carbocycles. The minimum absolute atomic E-state index is 0.0297. The molecule has 5 rings (SSSR count). The second-order valence-corrected chi connectivity index (χ2v) is 8.50. The van der Waals surface area contributed by atoms with Gasteiger partial charge in [-0.3, -0.25) is 9.69 Å². The molecule has 34 heavy (non-hydrogen) atoms. The highest BCUT2D eigenvalue weighted by molar-refractivity contribution is 6.31. The van der Waals surface area contributed by atoms with Crippen molar-refractivity contribution in [2.45, 2.75) is 18.9 Å². The molecule has 2 aromatic carbocycles. The van der Waals surface area contributed by atoms with Gasteiger partial charge in [0.1, 0.15) is 11.6 Å². The molecular weight excluding hydrogens is 455 g/mol. The molecule has 0 spiro atoms. The van der Waals surface area contributed by atoms with Crippen LogP contribution in [-0.2, 0) is 0 Å². The Kier molecular flexibility index (Phi) is 6.33. The number of fused-ring (bicyclic) bond motifs is 1. The molecule has 4 aromatic rings. The van der Waals surface area contributed by atoms with Crippen molar-refractivity contribution in [2.24, 2.45) is 0 Å². The first-order chi connectivity index (χ1) is 16.6. The van der Waals surface area contributed by atoms with Crippen molar-refractivity contribution in [3.63, 3.8) is 0 Å². The van der Waals surface area contributed by atoms with E-state index in [0.29, 0.717) is 29.0 Å². The summed E-state index contributed by atoms with van der Waals surface area (Å²) in [6, 6.07) is 13.2. The molecule has 2 aromatic heterocycles. The minimum Gasteiger partial charge on any atom is -0.324 e. The fourth-order valence-electron chi connectivity index (χ4n) is 4.20. The van der Waals surface area contributed by atoms with Gasteiger partial charge in [-0.25, -0.2) is 19.3 Å². The van der Waals surface area contributed by atoms with E-state index in [4.69, 9.17) is 11.6 Å². The Morgan fingerprint density at radius 2 is 1.94 bits per heavy atom. The number of halogens is 2. The number of hydrogen-bond donors (Lipinski definition) is 2. The second-order valence-electron chi connectivity index (χ2n) is 8.07. The van der Waals surface area contributed by atoms with Gasteiger partial charge in [0.05, 0.1) is 11.6 Å². The van der Waals surface area contributed by atoms with Gasteiger partial charge in [-0.05, 0) is 73.3 Å². The Morgan fingerprint density at radius 1 is 1.09 bits per heavy atom. The molecule has 9 heteroatoms. The normalized spacial score (nSPS) is 15.8. The van der Waals surface area contributed by atoms with Crippen molar-refractivity contribution >= 4 is 45.7 Å². The predicted octanol–water partition coefficient (Wildman–Crippen LogP) is 4.96. The van der Waals surface area contributed by atoms with Crippen LogP contribution in [0.25, 0.3) is 10.8 Å². The lowest BCUT2D eigenvalue weighted by atomic mass is 10.0. The van der Waals surface area contributed by atoms with Crippen molar-refractivity contribution in [3.8, 4) is 0 Å². The van der Waals surface area contributed by atoms with Gasteiger partial charge in [0.2, 0.25) is 5.95 Å². The maximum Gasteiger partial charge on any atom is 0.262 e. The number of rotatable bonds is 5. The molecule has 1 fully saturated rings. The molecule has 1 saturated heterocycles. The molecule has 2 N–H and O–H groups in total. The van der Waals surface area contributed by atoms with Crippen molar-refractivity contribution in [1.82, 2.24) is 20.3 Å². The maximum atomic E-state index is 15.2. The van der Waals surface area contributed by atoms with E-state index in [-0.39, 0.29) is 11.6 Å². The van der Waals surface area contributed by atoms with Gasteiger partial charge < -0.3 is 10.6 Å². The van der Waals surface area contributed by atoms with Gasteiger partial charge in [0.15, 0.2) is 0 Å². The zero-order chi connectivity index (χ0) is 23.5. The number of carbonyl (C=O) groups is 1. The van der Waals surface area contributed by atoms with E-state index in [1.807, 2.05) is 18.2 Å². The van der Waals surface area contributed by atoms with E-state index in [1.165, 1.54) is 12.1 Å². The van der Waals surface area contributed by atoms with Crippen LogP contribution in [0.4, 0.5) is 21.8 Å². The summed E-state index contributed by atoms with van der Waals surface area (Å²) in [6.07, 6.45) is 6.52. The number of anilines is 3. The van der Waals surface area contributed by atoms with Gasteiger partial charge in [-0.15, -0.1) is 0 Å². The Hall–Kier alpha value is -3.62. The highest BCUT2D eigenvalue weighted by Crippen LogP contribution is 2.31. The number of aromatic nitrogens is 3. The van der Waals surface area contributed by atoms with E-state index in [9.17, 15) is 4.79 Å². The summed E-state index contributed by atoms with van der Waals surface area (Å²) < 4.78 is 15.2. The molecule has 0 saturated carbocycles. The van der Waals surface area contributed by atoms with E-state index in [0.717, 1.165) is 30.2 Å². The Morgan fingerprint density at radius 3 is 2.71 bits per heavy atom. The molecule has 0 bridgehead atoms. The van der Waals surface area contributed by atoms with Gasteiger partial charge in [0.25, 0.3) is 5.91 Å². The van der Waals surface area contributed by atoms with Crippen LogP contribution in [0.3, 0.4) is 0 Å². The molecule has 3 heterocycles. The van der Waals surface area contributed by atoms with Crippen LogP contribution in [0.15, 0.2) is 67.1 Å². The van der Waals surface area contributed by atoms with Gasteiger partial charge in [-0.2, -0.15) is 0 Å². The van der Waals surface area contributed by atoms with E-state index < -0.39 is 11.7 Å². The van der Waals surface area contributed by atoms with E-state index in [1.54, 1.807) is 41.7 Å². The van der Waals surface area contributed by atoms with Gasteiger partial charge in [-0.1, -0.05) is 11.6 Å². The lowest BCUT2D eigenvalue weighted by Crippen LogP contribution is -2.49. The number of amides is 1. The van der Waals surface area contributed by atoms with Crippen LogP contribution >= 0.6 is 11.6 Å². The van der Waals surface area contributed by atoms with Gasteiger partial charge in [0, 0.05) is 41.2 Å². The van der Waals surface area contributed by atoms with E-state index >= 15 is 4.39 Å². The first-order valence-corrected chi connectivity index (χ1v) is 11.4. The summed E-state index contributed by atoms with van der Waals surface area (Å²) in [6.45, 7) is 1.48. The Bertz CT molecular complexity index is 1330. The summed E-state index contributed by atoms with van der Waals surface area (Å²) in [5.41, 5.74) is 0.418. The Balaban J connectivity index is 1.53. The fraction of sp³-hybridized carbons (Fsp3) is 0.200. The minimum atomic E-state index is -0.636. The molecule has 1 amide bonds. The monoisotopic (exact) mass is 476 g/mol. The molecular formula is C25H22ClFN6O. The molecule has 172 valence electrons. The average molecular weight is 477 g/mol. The standard InChI is InChI=1S/C25H22ClFN6O/c26-17-4-6-20-16(13-17)8-12-29-23(20)33(19-3-1-9-28-15-19)24(34)21-7-5-18(14-22(21)27)32-25-30-10-2-11-31-25/h2,4-8,10-14,19,28H,1,3,9,15H2,(H,30,31,32)/t19-/m1/s1. The molecule has 1 atom stereocenters. The number of nitrogens with one attached hydrogen (secondary N) is 2. The van der Waals surface area contributed by atoms with Crippen molar-refractivity contribution < 1.29 is 9.18 Å². The number of carbonyl (C=O) groups excluding carboxylic acids is 1. The average Bonchev–Trinajstić information content (AvgIpc) is 2.85. The largest absolute Gasteiger partial charge is 0.324 e.